The highest BCUT2D eigenvalue weighted by Crippen LogP contribution is 2.11. The van der Waals surface area contributed by atoms with Crippen LogP contribution in [0, 0.1) is 5.92 Å². The van der Waals surface area contributed by atoms with Gasteiger partial charge < -0.3 is 15.3 Å². The Morgan fingerprint density at radius 3 is 2.68 bits per heavy atom. The SMILES string of the molecule is CCC(CNc1ccnc(C(=O)N(C)C)c1)C(=O)O. The molecule has 0 bridgehead atoms. The summed E-state index contributed by atoms with van der Waals surface area (Å²) in [5.74, 6) is -1.45. The highest BCUT2D eigenvalue weighted by Gasteiger charge is 2.15. The van der Waals surface area contributed by atoms with E-state index in [1.165, 1.54) is 11.1 Å². The van der Waals surface area contributed by atoms with Gasteiger partial charge in [0.1, 0.15) is 5.69 Å². The summed E-state index contributed by atoms with van der Waals surface area (Å²) >= 11 is 0. The molecule has 0 fully saturated rings. The number of carbonyl (C=O) groups excluding carboxylic acids is 1. The van der Waals surface area contributed by atoms with Crippen LogP contribution in [0.3, 0.4) is 0 Å². The Labute approximate surface area is 112 Å². The van der Waals surface area contributed by atoms with Crippen LogP contribution in [0.4, 0.5) is 5.69 Å². The standard InChI is InChI=1S/C13H19N3O3/c1-4-9(13(18)19)8-15-10-5-6-14-11(7-10)12(17)16(2)3/h5-7,9H,4,8H2,1-3H3,(H,14,15)(H,18,19). The molecule has 104 valence electrons. The van der Waals surface area contributed by atoms with Crippen LogP contribution in [0.25, 0.3) is 0 Å². The van der Waals surface area contributed by atoms with Gasteiger partial charge in [-0.2, -0.15) is 0 Å². The normalized spacial score (nSPS) is 11.7. The third-order valence-electron chi connectivity index (χ3n) is 2.78. The number of nitrogens with one attached hydrogen (secondary N) is 1. The fourth-order valence-electron chi connectivity index (χ4n) is 1.53. The first-order chi connectivity index (χ1) is 8.95. The molecule has 0 saturated carbocycles. The van der Waals surface area contributed by atoms with Gasteiger partial charge in [-0.15, -0.1) is 0 Å². The second-order valence-corrected chi connectivity index (χ2v) is 4.45. The number of anilines is 1. The number of aromatic nitrogens is 1. The van der Waals surface area contributed by atoms with Crippen LogP contribution in [0.15, 0.2) is 18.3 Å². The lowest BCUT2D eigenvalue weighted by Gasteiger charge is -2.13. The highest BCUT2D eigenvalue weighted by atomic mass is 16.4. The van der Waals surface area contributed by atoms with E-state index in [2.05, 4.69) is 10.3 Å². The molecule has 0 aliphatic heterocycles. The largest absolute Gasteiger partial charge is 0.481 e. The van der Waals surface area contributed by atoms with E-state index in [0.717, 1.165) is 0 Å². The number of pyridine rings is 1. The van der Waals surface area contributed by atoms with Crippen molar-refractivity contribution in [3.05, 3.63) is 24.0 Å². The van der Waals surface area contributed by atoms with E-state index in [-0.39, 0.29) is 5.91 Å². The molecule has 0 aromatic carbocycles. The quantitative estimate of drug-likeness (QED) is 0.810. The molecule has 0 aliphatic rings. The molecule has 0 saturated heterocycles. The lowest BCUT2D eigenvalue weighted by atomic mass is 10.1. The molecular weight excluding hydrogens is 246 g/mol. The molecule has 1 aromatic rings. The maximum absolute atomic E-state index is 11.7. The van der Waals surface area contributed by atoms with Gasteiger partial charge in [0.25, 0.3) is 5.91 Å². The van der Waals surface area contributed by atoms with Gasteiger partial charge in [-0.25, -0.2) is 0 Å². The van der Waals surface area contributed by atoms with E-state index in [9.17, 15) is 9.59 Å². The lowest BCUT2D eigenvalue weighted by molar-refractivity contribution is -0.141. The van der Waals surface area contributed by atoms with E-state index < -0.39 is 11.9 Å². The summed E-state index contributed by atoms with van der Waals surface area (Å²) in [6, 6.07) is 3.33. The minimum atomic E-state index is -0.825. The molecule has 2 N–H and O–H groups in total. The number of carbonyl (C=O) groups is 2. The molecule has 6 heteroatoms. The van der Waals surface area contributed by atoms with Crippen LogP contribution in [0.2, 0.25) is 0 Å². The Bertz CT molecular complexity index is 460. The second-order valence-electron chi connectivity index (χ2n) is 4.45. The Kier molecular flexibility index (Phi) is 5.29. The van der Waals surface area contributed by atoms with E-state index in [4.69, 9.17) is 5.11 Å². The molecule has 1 rings (SSSR count). The van der Waals surface area contributed by atoms with Crippen molar-refractivity contribution in [2.45, 2.75) is 13.3 Å². The molecule has 1 atom stereocenters. The van der Waals surface area contributed by atoms with Gasteiger partial charge in [0.15, 0.2) is 0 Å². The maximum atomic E-state index is 11.7. The zero-order valence-electron chi connectivity index (χ0n) is 11.4. The predicted octanol–water partition coefficient (Wildman–Crippen LogP) is 1.31. The zero-order chi connectivity index (χ0) is 14.4. The molecule has 1 aromatic heterocycles. The van der Waals surface area contributed by atoms with Crippen LogP contribution in [0.1, 0.15) is 23.8 Å². The molecule has 1 unspecified atom stereocenters. The van der Waals surface area contributed by atoms with Crippen molar-refractivity contribution in [1.29, 1.82) is 0 Å². The van der Waals surface area contributed by atoms with Crippen LogP contribution in [-0.2, 0) is 4.79 Å². The smallest absolute Gasteiger partial charge is 0.308 e. The Hall–Kier alpha value is -2.11. The summed E-state index contributed by atoms with van der Waals surface area (Å²) in [6.45, 7) is 2.15. The minimum absolute atomic E-state index is 0.186. The summed E-state index contributed by atoms with van der Waals surface area (Å²) in [5, 5.41) is 12.0. The first-order valence-corrected chi connectivity index (χ1v) is 6.10. The van der Waals surface area contributed by atoms with Crippen LogP contribution in [0.5, 0.6) is 0 Å². The molecule has 0 aliphatic carbocycles. The molecule has 19 heavy (non-hydrogen) atoms. The van der Waals surface area contributed by atoms with Gasteiger partial charge in [0, 0.05) is 32.5 Å². The number of carboxylic acid groups (broad SMARTS) is 1. The van der Waals surface area contributed by atoms with E-state index in [1.54, 1.807) is 26.2 Å². The molecular formula is C13H19N3O3. The summed E-state index contributed by atoms with van der Waals surface area (Å²) in [5.41, 5.74) is 1.03. The van der Waals surface area contributed by atoms with Crippen molar-refractivity contribution < 1.29 is 14.7 Å². The number of hydrogen-bond acceptors (Lipinski definition) is 4. The molecule has 0 spiro atoms. The van der Waals surface area contributed by atoms with Gasteiger partial charge >= 0.3 is 5.97 Å². The van der Waals surface area contributed by atoms with Gasteiger partial charge in [0.2, 0.25) is 0 Å². The molecule has 1 heterocycles. The number of aliphatic carboxylic acids is 1. The van der Waals surface area contributed by atoms with Crippen LogP contribution in [-0.4, -0.2) is 47.5 Å². The molecule has 6 nitrogen and oxygen atoms in total. The summed E-state index contributed by atoms with van der Waals surface area (Å²) < 4.78 is 0. The summed E-state index contributed by atoms with van der Waals surface area (Å²) in [4.78, 5) is 28.1. The third-order valence-corrected chi connectivity index (χ3v) is 2.78. The first-order valence-electron chi connectivity index (χ1n) is 6.10. The van der Waals surface area contributed by atoms with Crippen molar-refractivity contribution in [2.24, 2.45) is 5.92 Å². The Balaban J connectivity index is 2.72. The van der Waals surface area contributed by atoms with Crippen molar-refractivity contribution >= 4 is 17.6 Å². The van der Waals surface area contributed by atoms with Gasteiger partial charge in [0.05, 0.1) is 5.92 Å². The lowest BCUT2D eigenvalue weighted by Crippen LogP contribution is -2.24. The number of amides is 1. The predicted molar refractivity (Wildman–Crippen MR) is 72.2 cm³/mol. The summed E-state index contributed by atoms with van der Waals surface area (Å²) in [7, 11) is 3.31. The number of nitrogens with zero attached hydrogens (tertiary/aromatic N) is 2. The fourth-order valence-corrected chi connectivity index (χ4v) is 1.53. The summed E-state index contributed by atoms with van der Waals surface area (Å²) in [6.07, 6.45) is 2.08. The van der Waals surface area contributed by atoms with E-state index in [0.29, 0.717) is 24.3 Å². The highest BCUT2D eigenvalue weighted by molar-refractivity contribution is 5.92. The van der Waals surface area contributed by atoms with Crippen molar-refractivity contribution in [3.63, 3.8) is 0 Å². The van der Waals surface area contributed by atoms with Crippen molar-refractivity contribution in [2.75, 3.05) is 26.0 Å². The molecule has 1 amide bonds. The van der Waals surface area contributed by atoms with E-state index >= 15 is 0 Å². The Morgan fingerprint density at radius 1 is 1.47 bits per heavy atom. The van der Waals surface area contributed by atoms with Gasteiger partial charge in [-0.05, 0) is 18.6 Å². The number of hydrogen-bond donors (Lipinski definition) is 2. The maximum Gasteiger partial charge on any atom is 0.308 e. The first kappa shape index (κ1) is 14.9. The monoisotopic (exact) mass is 265 g/mol. The van der Waals surface area contributed by atoms with Gasteiger partial charge in [-0.3, -0.25) is 14.6 Å². The average Bonchev–Trinajstić information content (AvgIpc) is 2.38. The number of carboxylic acids is 1. The topological polar surface area (TPSA) is 82.5 Å². The second kappa shape index (κ2) is 6.72. The zero-order valence-corrected chi connectivity index (χ0v) is 11.4. The van der Waals surface area contributed by atoms with Crippen molar-refractivity contribution in [1.82, 2.24) is 9.88 Å². The third kappa shape index (κ3) is 4.24. The average molecular weight is 265 g/mol. The van der Waals surface area contributed by atoms with Crippen LogP contribution >= 0.6 is 0 Å². The van der Waals surface area contributed by atoms with Crippen LogP contribution < -0.4 is 5.32 Å². The van der Waals surface area contributed by atoms with Gasteiger partial charge in [-0.1, -0.05) is 6.92 Å². The van der Waals surface area contributed by atoms with Crippen molar-refractivity contribution in [3.8, 4) is 0 Å². The Morgan fingerprint density at radius 2 is 2.16 bits per heavy atom. The number of rotatable bonds is 6. The minimum Gasteiger partial charge on any atom is -0.481 e. The fraction of sp³-hybridized carbons (Fsp3) is 0.462. The molecule has 0 radical (unpaired) electrons. The van der Waals surface area contributed by atoms with E-state index in [1.807, 2.05) is 6.92 Å².